The molecule has 0 atom stereocenters. The largest absolute Gasteiger partial charge is 0.416 e. The summed E-state index contributed by atoms with van der Waals surface area (Å²) in [5.41, 5.74) is 5.41. The quantitative estimate of drug-likeness (QED) is 0.492. The van der Waals surface area contributed by atoms with Gasteiger partial charge in [-0.2, -0.15) is 13.2 Å². The summed E-state index contributed by atoms with van der Waals surface area (Å²) >= 11 is 1.57. The standard InChI is InChI=1S/C12H13F3N2S/c1-2-6-18-7-5-17-11-4-3-9(8-10(11)16)12(13,14)15/h1,3-4,8,17H,5-7,16H2. The van der Waals surface area contributed by atoms with Gasteiger partial charge in [0.1, 0.15) is 0 Å². The third-order valence-corrected chi connectivity index (χ3v) is 2.99. The second kappa shape index (κ2) is 6.45. The molecule has 0 aromatic heterocycles. The fourth-order valence-electron chi connectivity index (χ4n) is 1.29. The number of hydrogen-bond donors (Lipinski definition) is 2. The molecular formula is C12H13F3N2S. The molecule has 0 heterocycles. The smallest absolute Gasteiger partial charge is 0.397 e. The van der Waals surface area contributed by atoms with E-state index in [0.29, 0.717) is 18.0 Å². The van der Waals surface area contributed by atoms with Gasteiger partial charge in [0.15, 0.2) is 0 Å². The summed E-state index contributed by atoms with van der Waals surface area (Å²) in [7, 11) is 0. The summed E-state index contributed by atoms with van der Waals surface area (Å²) in [4.78, 5) is 0. The average molecular weight is 274 g/mol. The van der Waals surface area contributed by atoms with Crippen molar-refractivity contribution in [2.75, 3.05) is 29.1 Å². The minimum Gasteiger partial charge on any atom is -0.397 e. The number of benzene rings is 1. The van der Waals surface area contributed by atoms with Crippen molar-refractivity contribution in [2.24, 2.45) is 0 Å². The Morgan fingerprint density at radius 3 is 2.67 bits per heavy atom. The minimum absolute atomic E-state index is 0.0896. The van der Waals surface area contributed by atoms with Gasteiger partial charge in [-0.15, -0.1) is 18.2 Å². The lowest BCUT2D eigenvalue weighted by Gasteiger charge is -2.12. The number of nitrogen functional groups attached to an aromatic ring is 1. The molecule has 1 aromatic rings. The van der Waals surface area contributed by atoms with Crippen molar-refractivity contribution in [2.45, 2.75) is 6.18 Å². The summed E-state index contributed by atoms with van der Waals surface area (Å²) in [5.74, 6) is 3.87. The van der Waals surface area contributed by atoms with E-state index in [1.807, 2.05) is 0 Å². The molecule has 0 unspecified atom stereocenters. The molecule has 0 saturated carbocycles. The molecule has 0 amide bonds. The van der Waals surface area contributed by atoms with Crippen LogP contribution < -0.4 is 11.1 Å². The molecular weight excluding hydrogens is 261 g/mol. The Bertz CT molecular complexity index is 438. The Labute approximate surface area is 108 Å². The van der Waals surface area contributed by atoms with Crippen LogP contribution in [0.2, 0.25) is 0 Å². The van der Waals surface area contributed by atoms with Crippen LogP contribution in [-0.2, 0) is 6.18 Å². The summed E-state index contributed by atoms with van der Waals surface area (Å²) in [6.07, 6.45) is 0.720. The monoisotopic (exact) mass is 274 g/mol. The molecule has 0 aliphatic rings. The van der Waals surface area contributed by atoms with Crippen LogP contribution in [0.25, 0.3) is 0 Å². The van der Waals surface area contributed by atoms with Crippen molar-refractivity contribution >= 4 is 23.1 Å². The van der Waals surface area contributed by atoms with E-state index < -0.39 is 11.7 Å². The van der Waals surface area contributed by atoms with E-state index in [0.717, 1.165) is 17.9 Å². The van der Waals surface area contributed by atoms with Crippen molar-refractivity contribution < 1.29 is 13.2 Å². The number of thioether (sulfide) groups is 1. The first-order valence-corrected chi connectivity index (χ1v) is 6.32. The van der Waals surface area contributed by atoms with Crippen LogP contribution in [0.4, 0.5) is 24.5 Å². The molecule has 0 aliphatic heterocycles. The number of rotatable bonds is 5. The third-order valence-electron chi connectivity index (χ3n) is 2.13. The fourth-order valence-corrected chi connectivity index (χ4v) is 1.80. The number of anilines is 2. The highest BCUT2D eigenvalue weighted by Gasteiger charge is 2.30. The first-order valence-electron chi connectivity index (χ1n) is 5.17. The van der Waals surface area contributed by atoms with Crippen molar-refractivity contribution in [1.82, 2.24) is 0 Å². The lowest BCUT2D eigenvalue weighted by atomic mass is 10.1. The van der Waals surface area contributed by atoms with Crippen LogP contribution in [0, 0.1) is 12.3 Å². The summed E-state index contributed by atoms with van der Waals surface area (Å²) in [6, 6.07) is 3.27. The molecule has 0 radical (unpaired) electrons. The zero-order valence-electron chi connectivity index (χ0n) is 9.55. The molecule has 0 saturated heterocycles. The second-order valence-electron chi connectivity index (χ2n) is 3.48. The van der Waals surface area contributed by atoms with E-state index in [2.05, 4.69) is 11.2 Å². The number of terminal acetylenes is 1. The third kappa shape index (κ3) is 4.41. The Morgan fingerprint density at radius 1 is 1.39 bits per heavy atom. The molecule has 6 heteroatoms. The Balaban J connectivity index is 2.56. The van der Waals surface area contributed by atoms with Gasteiger partial charge in [-0.3, -0.25) is 0 Å². The summed E-state index contributed by atoms with van der Waals surface area (Å²) < 4.78 is 37.2. The fraction of sp³-hybridized carbons (Fsp3) is 0.333. The van der Waals surface area contributed by atoms with E-state index >= 15 is 0 Å². The highest BCUT2D eigenvalue weighted by Crippen LogP contribution is 2.32. The van der Waals surface area contributed by atoms with Crippen LogP contribution in [0.5, 0.6) is 0 Å². The lowest BCUT2D eigenvalue weighted by Crippen LogP contribution is -2.09. The van der Waals surface area contributed by atoms with Crippen LogP contribution in [-0.4, -0.2) is 18.1 Å². The number of nitrogens with two attached hydrogens (primary N) is 1. The first kappa shape index (κ1) is 14.6. The Morgan fingerprint density at radius 2 is 2.11 bits per heavy atom. The van der Waals surface area contributed by atoms with Crippen LogP contribution in [0.15, 0.2) is 18.2 Å². The SMILES string of the molecule is C#CCSCCNc1ccc(C(F)(F)F)cc1N. The zero-order chi connectivity index (χ0) is 13.6. The molecule has 2 nitrogen and oxygen atoms in total. The molecule has 98 valence electrons. The van der Waals surface area contributed by atoms with Crippen molar-refractivity contribution in [3.05, 3.63) is 23.8 Å². The maximum absolute atomic E-state index is 12.4. The summed E-state index contributed by atoms with van der Waals surface area (Å²) in [5, 5.41) is 2.97. The molecule has 18 heavy (non-hydrogen) atoms. The number of alkyl halides is 3. The Hall–Kier alpha value is -1.48. The molecule has 0 spiro atoms. The van der Waals surface area contributed by atoms with Gasteiger partial charge >= 0.3 is 6.18 Å². The van der Waals surface area contributed by atoms with E-state index in [-0.39, 0.29) is 5.69 Å². The van der Waals surface area contributed by atoms with Gasteiger partial charge in [0, 0.05) is 12.3 Å². The number of hydrogen-bond acceptors (Lipinski definition) is 3. The normalized spacial score (nSPS) is 11.0. The van der Waals surface area contributed by atoms with E-state index in [1.54, 1.807) is 11.8 Å². The second-order valence-corrected chi connectivity index (χ2v) is 4.59. The topological polar surface area (TPSA) is 38.0 Å². The van der Waals surface area contributed by atoms with Gasteiger partial charge in [0.05, 0.1) is 22.7 Å². The van der Waals surface area contributed by atoms with Gasteiger partial charge in [-0.05, 0) is 18.2 Å². The summed E-state index contributed by atoms with van der Waals surface area (Å²) in [6.45, 7) is 0.599. The van der Waals surface area contributed by atoms with Crippen molar-refractivity contribution in [3.63, 3.8) is 0 Å². The van der Waals surface area contributed by atoms with Crippen LogP contribution in [0.3, 0.4) is 0 Å². The molecule has 1 aromatic carbocycles. The molecule has 1 rings (SSSR count). The zero-order valence-corrected chi connectivity index (χ0v) is 10.4. The highest BCUT2D eigenvalue weighted by atomic mass is 32.2. The first-order chi connectivity index (χ1) is 8.45. The maximum atomic E-state index is 12.4. The van der Waals surface area contributed by atoms with Crippen LogP contribution >= 0.6 is 11.8 Å². The van der Waals surface area contributed by atoms with Gasteiger partial charge in [-0.25, -0.2) is 0 Å². The average Bonchev–Trinajstić information content (AvgIpc) is 2.29. The molecule has 0 fully saturated rings. The maximum Gasteiger partial charge on any atom is 0.416 e. The predicted octanol–water partition coefficient (Wildman–Crippen LogP) is 3.07. The Kier molecular flexibility index (Phi) is 5.23. The van der Waals surface area contributed by atoms with Crippen molar-refractivity contribution in [1.29, 1.82) is 0 Å². The minimum atomic E-state index is -4.37. The van der Waals surface area contributed by atoms with Crippen molar-refractivity contribution in [3.8, 4) is 12.3 Å². The number of nitrogens with one attached hydrogen (secondary N) is 1. The predicted molar refractivity (Wildman–Crippen MR) is 70.5 cm³/mol. The van der Waals surface area contributed by atoms with Gasteiger partial charge < -0.3 is 11.1 Å². The van der Waals surface area contributed by atoms with E-state index in [4.69, 9.17) is 12.2 Å². The van der Waals surface area contributed by atoms with Gasteiger partial charge in [0.25, 0.3) is 0 Å². The highest BCUT2D eigenvalue weighted by molar-refractivity contribution is 7.99. The molecule has 0 aliphatic carbocycles. The van der Waals surface area contributed by atoms with E-state index in [9.17, 15) is 13.2 Å². The van der Waals surface area contributed by atoms with E-state index in [1.165, 1.54) is 6.07 Å². The van der Waals surface area contributed by atoms with Gasteiger partial charge in [-0.1, -0.05) is 5.92 Å². The van der Waals surface area contributed by atoms with Crippen LogP contribution in [0.1, 0.15) is 5.56 Å². The molecule has 3 N–H and O–H groups in total. The lowest BCUT2D eigenvalue weighted by molar-refractivity contribution is -0.137. The van der Waals surface area contributed by atoms with Gasteiger partial charge in [0.2, 0.25) is 0 Å². The number of halogens is 3. The molecule has 0 bridgehead atoms.